The second-order valence-corrected chi connectivity index (χ2v) is 8.76. The van der Waals surface area contributed by atoms with Crippen molar-refractivity contribution in [1.29, 1.82) is 0 Å². The second kappa shape index (κ2) is 28.4. The van der Waals surface area contributed by atoms with Gasteiger partial charge in [0.2, 0.25) is 0 Å². The highest BCUT2D eigenvalue weighted by molar-refractivity contribution is 5.69. The molecule has 0 amide bonds. The Labute approximate surface area is 199 Å². The summed E-state index contributed by atoms with van der Waals surface area (Å²) in [7, 11) is 0. The molecular weight excluding hydrogens is 404 g/mol. The van der Waals surface area contributed by atoms with Gasteiger partial charge in [0.1, 0.15) is 6.61 Å². The molecule has 0 aromatic carbocycles. The van der Waals surface area contributed by atoms with Gasteiger partial charge in [0.05, 0.1) is 33.0 Å². The molecule has 192 valence electrons. The third-order valence-corrected chi connectivity index (χ3v) is 5.61. The number of ether oxygens (including phenoxy) is 4. The lowest BCUT2D eigenvalue weighted by atomic mass is 10.0. The maximum Gasteiger partial charge on any atom is 0.305 e. The van der Waals surface area contributed by atoms with Gasteiger partial charge in [0.15, 0.2) is 0 Å². The van der Waals surface area contributed by atoms with Crippen molar-refractivity contribution in [2.24, 2.45) is 0 Å². The van der Waals surface area contributed by atoms with Crippen molar-refractivity contribution in [2.75, 3.05) is 46.2 Å². The summed E-state index contributed by atoms with van der Waals surface area (Å²) in [5.41, 5.74) is 0. The Morgan fingerprint density at radius 3 is 1.31 bits per heavy atom. The average molecular weight is 459 g/mol. The molecule has 0 radical (unpaired) electrons. The van der Waals surface area contributed by atoms with Crippen LogP contribution in [0.3, 0.4) is 0 Å². The number of carbonyl (C=O) groups is 1. The highest BCUT2D eigenvalue weighted by Crippen LogP contribution is 2.13. The number of unbranched alkanes of at least 4 members (excludes halogenated alkanes) is 14. The molecule has 0 unspecified atom stereocenters. The van der Waals surface area contributed by atoms with E-state index in [4.69, 9.17) is 18.9 Å². The number of rotatable bonds is 27. The van der Waals surface area contributed by atoms with Crippen molar-refractivity contribution >= 4 is 5.97 Å². The molecule has 0 aromatic heterocycles. The normalized spacial score (nSPS) is 11.2. The standard InChI is InChI=1S/C27H54O5/c1-3-5-7-8-9-10-11-12-13-14-15-16-17-19-27(28)32-26-25-31-24-23-30-22-21-29-20-18-6-4-2/h3-26H2,1-2H3. The minimum absolute atomic E-state index is 0.104. The van der Waals surface area contributed by atoms with E-state index in [1.165, 1.54) is 83.5 Å². The molecule has 0 aromatic rings. The van der Waals surface area contributed by atoms with Gasteiger partial charge in [-0.15, -0.1) is 0 Å². The third-order valence-electron chi connectivity index (χ3n) is 5.61. The first-order valence-electron chi connectivity index (χ1n) is 13.7. The first-order chi connectivity index (χ1) is 15.8. The van der Waals surface area contributed by atoms with E-state index in [-0.39, 0.29) is 5.97 Å². The largest absolute Gasteiger partial charge is 0.463 e. The molecule has 0 atom stereocenters. The van der Waals surface area contributed by atoms with Crippen molar-refractivity contribution in [3.8, 4) is 0 Å². The van der Waals surface area contributed by atoms with E-state index < -0.39 is 0 Å². The summed E-state index contributed by atoms with van der Waals surface area (Å²) in [6, 6.07) is 0. The second-order valence-electron chi connectivity index (χ2n) is 8.76. The summed E-state index contributed by atoms with van der Waals surface area (Å²) < 4.78 is 21.6. The number of hydrogen-bond donors (Lipinski definition) is 0. The molecule has 0 saturated carbocycles. The Morgan fingerprint density at radius 2 is 0.812 bits per heavy atom. The fourth-order valence-electron chi connectivity index (χ4n) is 3.57. The number of carbonyl (C=O) groups excluding carboxylic acids is 1. The minimum Gasteiger partial charge on any atom is -0.463 e. The third kappa shape index (κ3) is 27.4. The van der Waals surface area contributed by atoms with Crippen LogP contribution in [-0.4, -0.2) is 52.2 Å². The lowest BCUT2D eigenvalue weighted by molar-refractivity contribution is -0.145. The Bertz CT molecular complexity index is 330. The van der Waals surface area contributed by atoms with Gasteiger partial charge in [0, 0.05) is 13.0 Å². The molecule has 0 heterocycles. The zero-order valence-electron chi connectivity index (χ0n) is 21.5. The van der Waals surface area contributed by atoms with Crippen LogP contribution in [0, 0.1) is 0 Å². The van der Waals surface area contributed by atoms with Crippen molar-refractivity contribution < 1.29 is 23.7 Å². The molecule has 0 N–H and O–H groups in total. The SMILES string of the molecule is CCCCCCCCCCCCCCCC(=O)OCCOCCOCCOCCCCC. The first kappa shape index (κ1) is 31.4. The Kier molecular flexibility index (Phi) is 27.8. The minimum atomic E-state index is -0.104. The molecule has 0 saturated heterocycles. The van der Waals surface area contributed by atoms with Crippen LogP contribution >= 0.6 is 0 Å². The highest BCUT2D eigenvalue weighted by atomic mass is 16.6. The summed E-state index contributed by atoms with van der Waals surface area (Å²) in [6.07, 6.45) is 21.1. The molecule has 0 rings (SSSR count). The smallest absolute Gasteiger partial charge is 0.305 e. The maximum absolute atomic E-state index is 11.7. The molecule has 0 aliphatic rings. The molecule has 0 aliphatic carbocycles. The summed E-state index contributed by atoms with van der Waals surface area (Å²) in [5, 5.41) is 0. The highest BCUT2D eigenvalue weighted by Gasteiger charge is 2.02. The first-order valence-corrected chi connectivity index (χ1v) is 13.7. The molecule has 0 spiro atoms. The van der Waals surface area contributed by atoms with Crippen LogP contribution in [0.15, 0.2) is 0 Å². The van der Waals surface area contributed by atoms with E-state index in [0.29, 0.717) is 46.1 Å². The van der Waals surface area contributed by atoms with Gasteiger partial charge in [-0.1, -0.05) is 104 Å². The lowest BCUT2D eigenvalue weighted by Crippen LogP contribution is -2.14. The van der Waals surface area contributed by atoms with Gasteiger partial charge in [-0.05, 0) is 12.8 Å². The Hall–Kier alpha value is -0.650. The van der Waals surface area contributed by atoms with Crippen LogP contribution < -0.4 is 0 Å². The molecule has 0 bridgehead atoms. The summed E-state index contributed by atoms with van der Waals surface area (Å²) in [4.78, 5) is 11.7. The van der Waals surface area contributed by atoms with Gasteiger partial charge in [-0.25, -0.2) is 0 Å². The molecule has 5 heteroatoms. The monoisotopic (exact) mass is 458 g/mol. The summed E-state index contributed by atoms with van der Waals surface area (Å²) in [6.45, 7) is 8.34. The fraction of sp³-hybridized carbons (Fsp3) is 0.963. The van der Waals surface area contributed by atoms with Gasteiger partial charge < -0.3 is 18.9 Å². The average Bonchev–Trinajstić information content (AvgIpc) is 2.80. The van der Waals surface area contributed by atoms with E-state index in [1.807, 2.05) is 0 Å². The van der Waals surface area contributed by atoms with E-state index >= 15 is 0 Å². The van der Waals surface area contributed by atoms with Crippen molar-refractivity contribution in [1.82, 2.24) is 0 Å². The van der Waals surface area contributed by atoms with Crippen LogP contribution in [0.1, 0.15) is 123 Å². The van der Waals surface area contributed by atoms with E-state index in [1.54, 1.807) is 0 Å². The quantitative estimate of drug-likeness (QED) is 0.0958. The van der Waals surface area contributed by atoms with Gasteiger partial charge in [-0.2, -0.15) is 0 Å². The van der Waals surface area contributed by atoms with Crippen LogP contribution in [0.2, 0.25) is 0 Å². The van der Waals surface area contributed by atoms with Crippen molar-refractivity contribution in [3.05, 3.63) is 0 Å². The van der Waals surface area contributed by atoms with E-state index in [0.717, 1.165) is 25.9 Å². The Balaban J connectivity index is 3.14. The topological polar surface area (TPSA) is 54.0 Å². The van der Waals surface area contributed by atoms with E-state index in [2.05, 4.69) is 13.8 Å². The van der Waals surface area contributed by atoms with Crippen LogP contribution in [0.5, 0.6) is 0 Å². The lowest BCUT2D eigenvalue weighted by Gasteiger charge is -2.07. The van der Waals surface area contributed by atoms with Crippen molar-refractivity contribution in [3.63, 3.8) is 0 Å². The predicted molar refractivity (Wildman–Crippen MR) is 133 cm³/mol. The van der Waals surface area contributed by atoms with Gasteiger partial charge >= 0.3 is 5.97 Å². The molecule has 0 aliphatic heterocycles. The maximum atomic E-state index is 11.7. The molecule has 0 fully saturated rings. The van der Waals surface area contributed by atoms with Gasteiger partial charge in [-0.3, -0.25) is 4.79 Å². The molecule has 5 nitrogen and oxygen atoms in total. The Morgan fingerprint density at radius 1 is 0.438 bits per heavy atom. The fourth-order valence-corrected chi connectivity index (χ4v) is 3.57. The van der Waals surface area contributed by atoms with Crippen LogP contribution in [0.4, 0.5) is 0 Å². The van der Waals surface area contributed by atoms with Gasteiger partial charge in [0.25, 0.3) is 0 Å². The summed E-state index contributed by atoms with van der Waals surface area (Å²) in [5.74, 6) is -0.104. The predicted octanol–water partition coefficient (Wildman–Crippen LogP) is 7.25. The van der Waals surface area contributed by atoms with Crippen molar-refractivity contribution in [2.45, 2.75) is 123 Å². The number of esters is 1. The van der Waals surface area contributed by atoms with E-state index in [9.17, 15) is 4.79 Å². The zero-order valence-corrected chi connectivity index (χ0v) is 21.5. The molecule has 32 heavy (non-hydrogen) atoms. The summed E-state index contributed by atoms with van der Waals surface area (Å²) >= 11 is 0. The zero-order chi connectivity index (χ0) is 23.4. The molecular formula is C27H54O5. The van der Waals surface area contributed by atoms with Crippen LogP contribution in [0.25, 0.3) is 0 Å². The number of hydrogen-bond acceptors (Lipinski definition) is 5. The van der Waals surface area contributed by atoms with Crippen LogP contribution in [-0.2, 0) is 23.7 Å².